The Balaban J connectivity index is 2.85. The number of halogens is 3. The average Bonchev–Trinajstić information content (AvgIpc) is 2.47. The third-order valence-corrected chi connectivity index (χ3v) is 3.72. The molecular formula is C17H19F3N2O2. The summed E-state index contributed by atoms with van der Waals surface area (Å²) in [7, 11) is 0. The molecule has 0 aliphatic carbocycles. The van der Waals surface area contributed by atoms with Gasteiger partial charge in [-0.3, -0.25) is 0 Å². The maximum Gasteiger partial charge on any atom is 0.158 e. The van der Waals surface area contributed by atoms with Gasteiger partial charge in [-0.2, -0.15) is 0 Å². The molecule has 0 unspecified atom stereocenters. The summed E-state index contributed by atoms with van der Waals surface area (Å²) in [5, 5.41) is 20.4. The minimum absolute atomic E-state index is 0.175. The summed E-state index contributed by atoms with van der Waals surface area (Å²) in [5.74, 6) is -2.78. The van der Waals surface area contributed by atoms with Crippen LogP contribution >= 0.6 is 0 Å². The molecule has 0 fully saturated rings. The Morgan fingerprint density at radius 3 is 2.00 bits per heavy atom. The molecule has 0 amide bonds. The molecule has 0 aliphatic rings. The molecule has 2 rings (SSSR count). The smallest absolute Gasteiger partial charge is 0.158 e. The van der Waals surface area contributed by atoms with Crippen LogP contribution < -0.4 is 5.73 Å². The van der Waals surface area contributed by atoms with Crippen molar-refractivity contribution in [3.05, 3.63) is 53.0 Å². The van der Waals surface area contributed by atoms with E-state index < -0.39 is 39.9 Å². The maximum atomic E-state index is 14.8. The van der Waals surface area contributed by atoms with Crippen molar-refractivity contribution in [2.24, 2.45) is 5.73 Å². The summed E-state index contributed by atoms with van der Waals surface area (Å²) in [6.07, 6.45) is 0. The van der Waals surface area contributed by atoms with Gasteiger partial charge < -0.3 is 15.9 Å². The summed E-state index contributed by atoms with van der Waals surface area (Å²) in [5.41, 5.74) is 0.457. The molecule has 0 saturated heterocycles. The Labute approximate surface area is 137 Å². The van der Waals surface area contributed by atoms with Gasteiger partial charge in [-0.1, -0.05) is 0 Å². The summed E-state index contributed by atoms with van der Waals surface area (Å²) in [6.45, 7) is 3.30. The van der Waals surface area contributed by atoms with Crippen molar-refractivity contribution >= 4 is 0 Å². The van der Waals surface area contributed by atoms with Crippen LogP contribution in [-0.4, -0.2) is 21.7 Å². The molecule has 24 heavy (non-hydrogen) atoms. The highest BCUT2D eigenvalue weighted by atomic mass is 19.1. The first kappa shape index (κ1) is 18.4. The molecule has 4 nitrogen and oxygen atoms in total. The average molecular weight is 340 g/mol. The zero-order valence-electron chi connectivity index (χ0n) is 13.6. The molecule has 0 saturated carbocycles. The van der Waals surface area contributed by atoms with Gasteiger partial charge in [0.05, 0.1) is 11.2 Å². The Bertz CT molecular complexity index is 754. The Morgan fingerprint density at radius 2 is 1.54 bits per heavy atom. The van der Waals surface area contributed by atoms with Gasteiger partial charge in [-0.15, -0.1) is 0 Å². The first-order valence-corrected chi connectivity index (χ1v) is 7.29. The molecule has 1 aromatic carbocycles. The first-order chi connectivity index (χ1) is 11.0. The fourth-order valence-electron chi connectivity index (χ4n) is 2.33. The van der Waals surface area contributed by atoms with Crippen LogP contribution in [0.4, 0.5) is 13.2 Å². The van der Waals surface area contributed by atoms with Crippen LogP contribution in [0.2, 0.25) is 0 Å². The summed E-state index contributed by atoms with van der Waals surface area (Å²) < 4.78 is 42.6. The van der Waals surface area contributed by atoms with Gasteiger partial charge in [0.1, 0.15) is 22.8 Å². The summed E-state index contributed by atoms with van der Waals surface area (Å²) in [4.78, 5) is 3.87. The molecule has 0 bridgehead atoms. The number of aromatic nitrogens is 1. The molecule has 130 valence electrons. The van der Waals surface area contributed by atoms with Crippen molar-refractivity contribution in [3.8, 4) is 11.3 Å². The van der Waals surface area contributed by atoms with Gasteiger partial charge in [-0.25, -0.2) is 18.2 Å². The number of hydrogen-bond donors (Lipinski definition) is 3. The van der Waals surface area contributed by atoms with E-state index in [0.29, 0.717) is 0 Å². The van der Waals surface area contributed by atoms with Crippen LogP contribution in [0.1, 0.15) is 32.0 Å². The van der Waals surface area contributed by atoms with E-state index >= 15 is 0 Å². The van der Waals surface area contributed by atoms with Gasteiger partial charge in [0.25, 0.3) is 0 Å². The predicted octanol–water partition coefficient (Wildman–Crippen LogP) is 2.56. The third-order valence-electron chi connectivity index (χ3n) is 3.72. The van der Waals surface area contributed by atoms with Gasteiger partial charge in [0, 0.05) is 12.1 Å². The van der Waals surface area contributed by atoms with Crippen LogP contribution in [-0.2, 0) is 11.2 Å². The first-order valence-electron chi connectivity index (χ1n) is 7.29. The second-order valence-corrected chi connectivity index (χ2v) is 6.36. The van der Waals surface area contributed by atoms with Crippen molar-refractivity contribution < 1.29 is 23.4 Å². The second-order valence-electron chi connectivity index (χ2n) is 6.36. The number of rotatable bonds is 4. The maximum absolute atomic E-state index is 14.8. The van der Waals surface area contributed by atoms with Gasteiger partial charge >= 0.3 is 0 Å². The lowest BCUT2D eigenvalue weighted by atomic mass is 9.90. The number of aliphatic hydroxyl groups is 2. The normalized spacial score (nSPS) is 14.5. The van der Waals surface area contributed by atoms with Crippen LogP contribution in [0.25, 0.3) is 11.3 Å². The number of nitrogens with zero attached hydrogens (tertiary/aromatic N) is 1. The highest BCUT2D eigenvalue weighted by Crippen LogP contribution is 2.35. The van der Waals surface area contributed by atoms with Crippen molar-refractivity contribution in [1.29, 1.82) is 0 Å². The van der Waals surface area contributed by atoms with Crippen LogP contribution in [0.3, 0.4) is 0 Å². The SMILES string of the molecule is CC(C)(O)c1c(F)c(-c2ccc(F)cc2)nc([C@@](C)(O)CN)c1F. The van der Waals surface area contributed by atoms with Crippen molar-refractivity contribution in [1.82, 2.24) is 4.98 Å². The Kier molecular flexibility index (Phi) is 4.72. The monoisotopic (exact) mass is 340 g/mol. The fourth-order valence-corrected chi connectivity index (χ4v) is 2.33. The molecule has 1 atom stereocenters. The minimum Gasteiger partial charge on any atom is -0.386 e. The predicted molar refractivity (Wildman–Crippen MR) is 83.4 cm³/mol. The van der Waals surface area contributed by atoms with E-state index in [1.54, 1.807) is 0 Å². The van der Waals surface area contributed by atoms with Gasteiger partial charge in [0.2, 0.25) is 0 Å². The summed E-state index contributed by atoms with van der Waals surface area (Å²) >= 11 is 0. The van der Waals surface area contributed by atoms with Crippen molar-refractivity contribution in [3.63, 3.8) is 0 Å². The van der Waals surface area contributed by atoms with E-state index in [0.717, 1.165) is 12.1 Å². The zero-order valence-corrected chi connectivity index (χ0v) is 13.6. The van der Waals surface area contributed by atoms with E-state index in [-0.39, 0.29) is 17.8 Å². The highest BCUT2D eigenvalue weighted by molar-refractivity contribution is 5.62. The Morgan fingerprint density at radius 1 is 1.00 bits per heavy atom. The van der Waals surface area contributed by atoms with Crippen LogP contribution in [0.5, 0.6) is 0 Å². The Hall–Kier alpha value is -1.96. The molecular weight excluding hydrogens is 321 g/mol. The van der Waals surface area contributed by atoms with Crippen LogP contribution in [0, 0.1) is 17.5 Å². The van der Waals surface area contributed by atoms with E-state index in [9.17, 15) is 23.4 Å². The van der Waals surface area contributed by atoms with E-state index in [2.05, 4.69) is 4.98 Å². The molecule has 4 N–H and O–H groups in total. The molecule has 1 heterocycles. The quantitative estimate of drug-likeness (QED) is 0.799. The van der Waals surface area contributed by atoms with Crippen molar-refractivity contribution in [2.75, 3.05) is 6.54 Å². The number of pyridine rings is 1. The van der Waals surface area contributed by atoms with E-state index in [4.69, 9.17) is 5.73 Å². The number of nitrogens with two attached hydrogens (primary N) is 1. The molecule has 7 heteroatoms. The summed E-state index contributed by atoms with van der Waals surface area (Å²) in [6, 6.07) is 4.75. The molecule has 0 spiro atoms. The minimum atomic E-state index is -1.87. The number of hydrogen-bond acceptors (Lipinski definition) is 4. The van der Waals surface area contributed by atoms with Crippen LogP contribution in [0.15, 0.2) is 24.3 Å². The van der Waals surface area contributed by atoms with Gasteiger partial charge in [0.15, 0.2) is 11.6 Å². The fraction of sp³-hybridized carbons (Fsp3) is 0.353. The molecule has 2 aromatic rings. The van der Waals surface area contributed by atoms with E-state index in [1.165, 1.54) is 32.9 Å². The standard InChI is InChI=1S/C17H19F3N2O2/c1-16(2,23)11-12(19)14(9-4-6-10(18)7-5-9)22-15(13(11)20)17(3,24)8-21/h4-7,23-24H,8,21H2,1-3H3/t17-/m0/s1. The van der Waals surface area contributed by atoms with E-state index in [1.807, 2.05) is 0 Å². The highest BCUT2D eigenvalue weighted by Gasteiger charge is 2.36. The largest absolute Gasteiger partial charge is 0.386 e. The molecule has 1 aromatic heterocycles. The lowest BCUT2D eigenvalue weighted by Gasteiger charge is -2.27. The zero-order chi connectivity index (χ0) is 18.3. The van der Waals surface area contributed by atoms with Crippen molar-refractivity contribution in [2.45, 2.75) is 32.0 Å². The topological polar surface area (TPSA) is 79.4 Å². The lowest BCUT2D eigenvalue weighted by Crippen LogP contribution is -2.35. The molecule has 0 radical (unpaired) electrons. The third kappa shape index (κ3) is 3.28. The second kappa shape index (κ2) is 6.16. The van der Waals surface area contributed by atoms with Gasteiger partial charge in [-0.05, 0) is 45.0 Å². The number of benzene rings is 1. The molecule has 0 aliphatic heterocycles. The lowest BCUT2D eigenvalue weighted by molar-refractivity contribution is 0.0507.